The minimum atomic E-state index is -0.0545. The summed E-state index contributed by atoms with van der Waals surface area (Å²) in [5.41, 5.74) is 0.872. The van der Waals surface area contributed by atoms with E-state index in [1.165, 1.54) is 0 Å². The first-order valence-corrected chi connectivity index (χ1v) is 6.69. The van der Waals surface area contributed by atoms with Crippen LogP contribution in [-0.2, 0) is 4.79 Å². The summed E-state index contributed by atoms with van der Waals surface area (Å²) >= 11 is 0. The zero-order chi connectivity index (χ0) is 14.0. The Balaban J connectivity index is 2.14. The van der Waals surface area contributed by atoms with E-state index >= 15 is 0 Å². The van der Waals surface area contributed by atoms with Crippen LogP contribution in [0.3, 0.4) is 0 Å². The highest BCUT2D eigenvalue weighted by Crippen LogP contribution is 2.23. The largest absolute Gasteiger partial charge is 0.491 e. The Kier molecular flexibility index (Phi) is 3.80. The second kappa shape index (κ2) is 5.21. The maximum absolute atomic E-state index is 12.0. The number of piperazine rings is 1. The maximum Gasteiger partial charge on any atom is 0.241 e. The molecule has 1 fully saturated rings. The lowest BCUT2D eigenvalue weighted by Crippen LogP contribution is -2.59. The van der Waals surface area contributed by atoms with Crippen molar-refractivity contribution in [2.24, 2.45) is 0 Å². The molecular formula is C15H22N2O2. The number of amides is 1. The summed E-state index contributed by atoms with van der Waals surface area (Å²) in [6, 6.07) is 7.71. The minimum absolute atomic E-state index is 0.0545. The molecule has 19 heavy (non-hydrogen) atoms. The zero-order valence-corrected chi connectivity index (χ0v) is 12.1. The van der Waals surface area contributed by atoms with Crippen LogP contribution in [0.4, 0.5) is 5.69 Å². The van der Waals surface area contributed by atoms with Crippen molar-refractivity contribution in [3.8, 4) is 5.75 Å². The van der Waals surface area contributed by atoms with Crippen LogP contribution in [0.5, 0.6) is 5.75 Å². The van der Waals surface area contributed by atoms with E-state index in [0.29, 0.717) is 13.1 Å². The number of carbonyl (C=O) groups is 1. The summed E-state index contributed by atoms with van der Waals surface area (Å²) < 4.78 is 5.61. The van der Waals surface area contributed by atoms with Gasteiger partial charge in [-0.25, -0.2) is 0 Å². The Hall–Kier alpha value is -1.55. The van der Waals surface area contributed by atoms with Crippen LogP contribution in [0.25, 0.3) is 0 Å². The summed E-state index contributed by atoms with van der Waals surface area (Å²) in [6.45, 7) is 9.26. The minimum Gasteiger partial charge on any atom is -0.491 e. The van der Waals surface area contributed by atoms with Gasteiger partial charge < -0.3 is 15.0 Å². The average molecular weight is 262 g/mol. The molecule has 104 valence electrons. The second-order valence-electron chi connectivity index (χ2n) is 5.88. The van der Waals surface area contributed by atoms with Gasteiger partial charge in [-0.2, -0.15) is 0 Å². The van der Waals surface area contributed by atoms with Crippen LogP contribution < -0.4 is 15.0 Å². The van der Waals surface area contributed by atoms with E-state index in [1.54, 1.807) is 0 Å². The van der Waals surface area contributed by atoms with Gasteiger partial charge in [0.25, 0.3) is 0 Å². The molecule has 1 saturated heterocycles. The molecule has 1 aromatic carbocycles. The van der Waals surface area contributed by atoms with Gasteiger partial charge in [0.1, 0.15) is 5.75 Å². The summed E-state index contributed by atoms with van der Waals surface area (Å²) in [4.78, 5) is 13.8. The topological polar surface area (TPSA) is 41.6 Å². The van der Waals surface area contributed by atoms with Gasteiger partial charge in [0, 0.05) is 17.8 Å². The third kappa shape index (κ3) is 3.47. The fourth-order valence-electron chi connectivity index (χ4n) is 2.16. The van der Waals surface area contributed by atoms with Crippen LogP contribution in [0.2, 0.25) is 0 Å². The van der Waals surface area contributed by atoms with E-state index in [2.05, 4.69) is 19.2 Å². The van der Waals surface area contributed by atoms with E-state index in [0.717, 1.165) is 11.4 Å². The molecule has 0 radical (unpaired) electrons. The second-order valence-corrected chi connectivity index (χ2v) is 5.88. The number of ether oxygens (including phenoxy) is 1. The Bertz CT molecular complexity index is 452. The van der Waals surface area contributed by atoms with E-state index in [1.807, 2.05) is 43.0 Å². The molecule has 0 aliphatic carbocycles. The van der Waals surface area contributed by atoms with Crippen molar-refractivity contribution in [3.63, 3.8) is 0 Å². The molecule has 0 aromatic heterocycles. The van der Waals surface area contributed by atoms with Gasteiger partial charge in [-0.1, -0.05) is 0 Å². The lowest BCUT2D eigenvalue weighted by Gasteiger charge is -2.38. The van der Waals surface area contributed by atoms with Gasteiger partial charge in [-0.15, -0.1) is 0 Å². The quantitative estimate of drug-likeness (QED) is 0.908. The number of carbonyl (C=O) groups excluding carboxylic acids is 1. The maximum atomic E-state index is 12.0. The predicted octanol–water partition coefficient (Wildman–Crippen LogP) is 2.19. The molecule has 0 atom stereocenters. The SMILES string of the molecule is CC(C)Oc1ccc(N2CC(C)(C)NCC2=O)cc1. The molecule has 1 aliphatic rings. The molecule has 1 N–H and O–H groups in total. The van der Waals surface area contributed by atoms with Gasteiger partial charge in [0.2, 0.25) is 5.91 Å². The molecule has 0 bridgehead atoms. The van der Waals surface area contributed by atoms with Crippen molar-refractivity contribution in [2.75, 3.05) is 18.0 Å². The lowest BCUT2D eigenvalue weighted by molar-refractivity contribution is -0.119. The van der Waals surface area contributed by atoms with Crippen LogP contribution in [0.1, 0.15) is 27.7 Å². The Morgan fingerprint density at radius 3 is 2.47 bits per heavy atom. The van der Waals surface area contributed by atoms with E-state index in [-0.39, 0.29) is 17.6 Å². The molecule has 0 unspecified atom stereocenters. The molecule has 0 spiro atoms. The molecule has 1 aromatic rings. The normalized spacial score (nSPS) is 18.8. The Labute approximate surface area is 114 Å². The fraction of sp³-hybridized carbons (Fsp3) is 0.533. The van der Waals surface area contributed by atoms with Crippen molar-refractivity contribution in [3.05, 3.63) is 24.3 Å². The van der Waals surface area contributed by atoms with Crippen molar-refractivity contribution in [1.29, 1.82) is 0 Å². The molecule has 2 rings (SSSR count). The standard InChI is InChI=1S/C15H22N2O2/c1-11(2)19-13-7-5-12(6-8-13)17-10-15(3,4)16-9-14(17)18/h5-8,11,16H,9-10H2,1-4H3. The first kappa shape index (κ1) is 13.9. The number of nitrogens with one attached hydrogen (secondary N) is 1. The van der Waals surface area contributed by atoms with Crippen LogP contribution in [0.15, 0.2) is 24.3 Å². The van der Waals surface area contributed by atoms with Gasteiger partial charge in [0.05, 0.1) is 12.6 Å². The number of hydrogen-bond acceptors (Lipinski definition) is 3. The summed E-state index contributed by atoms with van der Waals surface area (Å²) in [7, 11) is 0. The molecule has 1 amide bonds. The third-order valence-electron chi connectivity index (χ3n) is 3.09. The first-order valence-electron chi connectivity index (χ1n) is 6.69. The number of anilines is 1. The fourth-order valence-corrected chi connectivity index (χ4v) is 2.16. The first-order chi connectivity index (χ1) is 8.87. The Morgan fingerprint density at radius 1 is 1.26 bits per heavy atom. The van der Waals surface area contributed by atoms with Crippen LogP contribution in [0, 0.1) is 0 Å². The zero-order valence-electron chi connectivity index (χ0n) is 12.1. The summed E-state index contributed by atoms with van der Waals surface area (Å²) in [5, 5.41) is 3.23. The van der Waals surface area contributed by atoms with Gasteiger partial charge in [-0.3, -0.25) is 4.79 Å². The van der Waals surface area contributed by atoms with E-state index in [4.69, 9.17) is 4.74 Å². The molecular weight excluding hydrogens is 240 g/mol. The highest BCUT2D eigenvalue weighted by atomic mass is 16.5. The molecule has 0 saturated carbocycles. The smallest absolute Gasteiger partial charge is 0.241 e. The van der Waals surface area contributed by atoms with Crippen LogP contribution >= 0.6 is 0 Å². The number of benzene rings is 1. The molecule has 1 heterocycles. The van der Waals surface area contributed by atoms with Crippen molar-refractivity contribution in [1.82, 2.24) is 5.32 Å². The lowest BCUT2D eigenvalue weighted by atomic mass is 10.0. The number of rotatable bonds is 3. The summed E-state index contributed by atoms with van der Waals surface area (Å²) in [6.07, 6.45) is 0.158. The summed E-state index contributed by atoms with van der Waals surface area (Å²) in [5.74, 6) is 0.942. The highest BCUT2D eigenvalue weighted by molar-refractivity contribution is 5.95. The Morgan fingerprint density at radius 2 is 1.89 bits per heavy atom. The molecule has 4 heteroatoms. The average Bonchev–Trinajstić information content (AvgIpc) is 2.33. The van der Waals surface area contributed by atoms with Gasteiger partial charge >= 0.3 is 0 Å². The van der Waals surface area contributed by atoms with Crippen LogP contribution in [-0.4, -0.2) is 30.6 Å². The monoisotopic (exact) mass is 262 g/mol. The predicted molar refractivity (Wildman–Crippen MR) is 76.6 cm³/mol. The third-order valence-corrected chi connectivity index (χ3v) is 3.09. The van der Waals surface area contributed by atoms with Gasteiger partial charge in [0.15, 0.2) is 0 Å². The number of nitrogens with zero attached hydrogens (tertiary/aromatic N) is 1. The van der Waals surface area contributed by atoms with Gasteiger partial charge in [-0.05, 0) is 52.0 Å². The van der Waals surface area contributed by atoms with E-state index in [9.17, 15) is 4.79 Å². The number of hydrogen-bond donors (Lipinski definition) is 1. The van der Waals surface area contributed by atoms with Crippen molar-refractivity contribution in [2.45, 2.75) is 39.3 Å². The van der Waals surface area contributed by atoms with E-state index < -0.39 is 0 Å². The van der Waals surface area contributed by atoms with Crippen molar-refractivity contribution < 1.29 is 9.53 Å². The van der Waals surface area contributed by atoms with Crippen molar-refractivity contribution >= 4 is 11.6 Å². The highest BCUT2D eigenvalue weighted by Gasteiger charge is 2.31. The molecule has 4 nitrogen and oxygen atoms in total. The molecule has 1 aliphatic heterocycles.